The van der Waals surface area contributed by atoms with Gasteiger partial charge in [-0.15, -0.1) is 0 Å². The Bertz CT molecular complexity index is 587. The van der Waals surface area contributed by atoms with Crippen LogP contribution in [-0.4, -0.2) is 11.4 Å². The van der Waals surface area contributed by atoms with Gasteiger partial charge in [0.05, 0.1) is 12.2 Å². The van der Waals surface area contributed by atoms with E-state index in [1.165, 1.54) is 5.56 Å². The first-order valence-corrected chi connectivity index (χ1v) is 8.06. The zero-order chi connectivity index (χ0) is 13.5. The Morgan fingerprint density at radius 3 is 2.35 bits per heavy atom. The van der Waals surface area contributed by atoms with Crippen LogP contribution in [0.15, 0.2) is 48.5 Å². The van der Waals surface area contributed by atoms with Gasteiger partial charge in [-0.2, -0.15) is 0 Å². The predicted octanol–water partition coefficient (Wildman–Crippen LogP) is 4.80. The smallest absolute Gasteiger partial charge is 0.133 e. The Morgan fingerprint density at radius 2 is 1.60 bits per heavy atom. The fourth-order valence-corrected chi connectivity index (χ4v) is 3.67. The van der Waals surface area contributed by atoms with E-state index >= 15 is 0 Å². The second-order valence-corrected chi connectivity index (χ2v) is 6.00. The minimum absolute atomic E-state index is 0.0948. The molecular weight excluding hydrogens is 316 g/mol. The Hall–Kier alpha value is -1.32. The van der Waals surface area contributed by atoms with Gasteiger partial charge in [-0.05, 0) is 18.6 Å². The number of ether oxygens (including phenoxy) is 2. The van der Waals surface area contributed by atoms with Crippen molar-refractivity contribution in [2.45, 2.75) is 24.5 Å². The first-order chi connectivity index (χ1) is 9.86. The molecule has 1 saturated heterocycles. The van der Waals surface area contributed by atoms with Crippen LogP contribution in [0.4, 0.5) is 0 Å². The standard InChI is InChI=1S/C17H15BrO2/c18-10-11-9-14-12-5-1-3-7-15(12)20-16-8-4-2-6-13(16)17(14)19-11/h1-8,11,14,17H,9-10H2/t11-,14+,17+/m0/s1. The van der Waals surface area contributed by atoms with Gasteiger partial charge in [0.25, 0.3) is 0 Å². The van der Waals surface area contributed by atoms with Crippen molar-refractivity contribution in [1.29, 1.82) is 0 Å². The molecule has 0 amide bonds. The van der Waals surface area contributed by atoms with E-state index in [1.807, 2.05) is 18.2 Å². The number of hydrogen-bond donors (Lipinski definition) is 0. The van der Waals surface area contributed by atoms with Crippen LogP contribution in [0.25, 0.3) is 0 Å². The fraction of sp³-hybridized carbons (Fsp3) is 0.294. The quantitative estimate of drug-likeness (QED) is 0.699. The van der Waals surface area contributed by atoms with Gasteiger partial charge in [-0.1, -0.05) is 52.3 Å². The first kappa shape index (κ1) is 12.4. The van der Waals surface area contributed by atoms with Crippen LogP contribution in [0.5, 0.6) is 11.5 Å². The van der Waals surface area contributed by atoms with Crippen molar-refractivity contribution >= 4 is 15.9 Å². The van der Waals surface area contributed by atoms with E-state index in [1.54, 1.807) is 0 Å². The molecule has 2 aliphatic rings. The van der Waals surface area contributed by atoms with E-state index in [0.717, 1.165) is 28.8 Å². The molecule has 0 radical (unpaired) electrons. The van der Waals surface area contributed by atoms with Gasteiger partial charge in [0.2, 0.25) is 0 Å². The molecule has 2 nitrogen and oxygen atoms in total. The third-order valence-electron chi connectivity index (χ3n) is 4.16. The molecule has 3 heteroatoms. The maximum atomic E-state index is 6.25. The number of alkyl halides is 1. The van der Waals surface area contributed by atoms with Crippen LogP contribution in [0.2, 0.25) is 0 Å². The lowest BCUT2D eigenvalue weighted by Crippen LogP contribution is -2.07. The second kappa shape index (κ2) is 4.90. The molecule has 2 aliphatic heterocycles. The summed E-state index contributed by atoms with van der Waals surface area (Å²) in [7, 11) is 0. The van der Waals surface area contributed by atoms with Gasteiger partial charge in [0, 0.05) is 22.4 Å². The minimum Gasteiger partial charge on any atom is -0.457 e. The Balaban J connectivity index is 1.89. The van der Waals surface area contributed by atoms with Crippen molar-refractivity contribution in [3.05, 3.63) is 59.7 Å². The van der Waals surface area contributed by atoms with E-state index in [2.05, 4.69) is 46.3 Å². The highest BCUT2D eigenvalue weighted by atomic mass is 79.9. The fourth-order valence-electron chi connectivity index (χ4n) is 3.25. The summed E-state index contributed by atoms with van der Waals surface area (Å²) in [4.78, 5) is 0. The normalized spacial score (nSPS) is 26.9. The van der Waals surface area contributed by atoms with Gasteiger partial charge in [0.1, 0.15) is 11.5 Å². The molecular formula is C17H15BrO2. The van der Waals surface area contributed by atoms with Crippen LogP contribution in [0.3, 0.4) is 0 Å². The largest absolute Gasteiger partial charge is 0.457 e. The van der Waals surface area contributed by atoms with Gasteiger partial charge in [0.15, 0.2) is 0 Å². The minimum atomic E-state index is 0.0948. The van der Waals surface area contributed by atoms with Crippen molar-refractivity contribution in [2.75, 3.05) is 5.33 Å². The van der Waals surface area contributed by atoms with Gasteiger partial charge in [-0.3, -0.25) is 0 Å². The number of para-hydroxylation sites is 2. The number of benzene rings is 2. The lowest BCUT2D eigenvalue weighted by atomic mass is 9.88. The Morgan fingerprint density at radius 1 is 0.950 bits per heavy atom. The van der Waals surface area contributed by atoms with Gasteiger partial charge in [-0.25, -0.2) is 0 Å². The zero-order valence-electron chi connectivity index (χ0n) is 11.0. The maximum Gasteiger partial charge on any atom is 0.133 e. The highest BCUT2D eigenvalue weighted by Crippen LogP contribution is 2.52. The highest BCUT2D eigenvalue weighted by Gasteiger charge is 2.41. The van der Waals surface area contributed by atoms with Crippen molar-refractivity contribution in [3.8, 4) is 11.5 Å². The van der Waals surface area contributed by atoms with Crippen molar-refractivity contribution in [3.63, 3.8) is 0 Å². The molecule has 0 unspecified atom stereocenters. The van der Waals surface area contributed by atoms with Crippen LogP contribution < -0.4 is 4.74 Å². The number of fused-ring (bicyclic) bond motifs is 5. The van der Waals surface area contributed by atoms with Crippen LogP contribution in [0.1, 0.15) is 29.6 Å². The van der Waals surface area contributed by atoms with Crippen LogP contribution in [-0.2, 0) is 4.74 Å². The Labute approximate surface area is 126 Å². The molecule has 20 heavy (non-hydrogen) atoms. The van der Waals surface area contributed by atoms with E-state index < -0.39 is 0 Å². The molecule has 0 aromatic heterocycles. The molecule has 0 aliphatic carbocycles. The van der Waals surface area contributed by atoms with Crippen LogP contribution >= 0.6 is 15.9 Å². The van der Waals surface area contributed by atoms with Gasteiger partial charge >= 0.3 is 0 Å². The van der Waals surface area contributed by atoms with E-state index in [9.17, 15) is 0 Å². The lowest BCUT2D eigenvalue weighted by molar-refractivity contribution is 0.0541. The number of halogens is 1. The molecule has 3 atom stereocenters. The highest BCUT2D eigenvalue weighted by molar-refractivity contribution is 9.09. The van der Waals surface area contributed by atoms with Crippen molar-refractivity contribution in [1.82, 2.24) is 0 Å². The summed E-state index contributed by atoms with van der Waals surface area (Å²) in [6, 6.07) is 16.5. The predicted molar refractivity (Wildman–Crippen MR) is 81.7 cm³/mol. The SMILES string of the molecule is BrC[C@@H]1C[C@@H]2c3ccccc3Oc3ccccc3[C@H]2O1. The summed E-state index contributed by atoms with van der Waals surface area (Å²) in [5.41, 5.74) is 2.43. The molecule has 0 saturated carbocycles. The van der Waals surface area contributed by atoms with E-state index in [4.69, 9.17) is 9.47 Å². The molecule has 4 rings (SSSR count). The second-order valence-electron chi connectivity index (χ2n) is 5.35. The molecule has 1 fully saturated rings. The maximum absolute atomic E-state index is 6.25. The molecule has 2 aromatic carbocycles. The average Bonchev–Trinajstić information content (AvgIpc) is 2.87. The lowest BCUT2D eigenvalue weighted by Gasteiger charge is -2.17. The van der Waals surface area contributed by atoms with Crippen molar-refractivity contribution < 1.29 is 9.47 Å². The third-order valence-corrected chi connectivity index (χ3v) is 4.88. The number of rotatable bonds is 1. The number of hydrogen-bond acceptors (Lipinski definition) is 2. The Kier molecular flexibility index (Phi) is 3.04. The summed E-state index contributed by atoms with van der Waals surface area (Å²) < 4.78 is 12.4. The summed E-state index contributed by atoms with van der Waals surface area (Å²) in [6.45, 7) is 0. The first-order valence-electron chi connectivity index (χ1n) is 6.94. The molecule has 102 valence electrons. The average molecular weight is 331 g/mol. The molecule has 0 bridgehead atoms. The zero-order valence-corrected chi connectivity index (χ0v) is 12.5. The monoisotopic (exact) mass is 330 g/mol. The summed E-state index contributed by atoms with van der Waals surface area (Å²) in [5.74, 6) is 2.26. The summed E-state index contributed by atoms with van der Waals surface area (Å²) >= 11 is 3.55. The molecule has 2 aromatic rings. The van der Waals surface area contributed by atoms with E-state index in [0.29, 0.717) is 5.92 Å². The van der Waals surface area contributed by atoms with Crippen LogP contribution in [0, 0.1) is 0 Å². The van der Waals surface area contributed by atoms with Crippen molar-refractivity contribution in [2.24, 2.45) is 0 Å². The molecule has 0 N–H and O–H groups in total. The summed E-state index contributed by atoms with van der Waals surface area (Å²) in [5, 5.41) is 0.880. The third kappa shape index (κ3) is 1.88. The summed E-state index contributed by atoms with van der Waals surface area (Å²) in [6.07, 6.45) is 1.39. The molecule has 0 spiro atoms. The van der Waals surface area contributed by atoms with E-state index in [-0.39, 0.29) is 12.2 Å². The van der Waals surface area contributed by atoms with Gasteiger partial charge < -0.3 is 9.47 Å². The molecule has 2 heterocycles. The topological polar surface area (TPSA) is 18.5 Å².